The van der Waals surface area contributed by atoms with Gasteiger partial charge in [0.2, 0.25) is 0 Å². The molecule has 0 saturated heterocycles. The largest absolute Gasteiger partial charge is 0.464 e. The molecule has 1 atom stereocenters. The molecular formula is C15H22N2O3. The van der Waals surface area contributed by atoms with Gasteiger partial charge in [-0.05, 0) is 31.9 Å². The molecule has 1 amide bonds. The Kier molecular flexibility index (Phi) is 6.18. The maximum absolute atomic E-state index is 12.2. The van der Waals surface area contributed by atoms with Crippen LogP contribution in [0.5, 0.6) is 0 Å². The van der Waals surface area contributed by atoms with Crippen LogP contribution in [-0.2, 0) is 20.9 Å². The average Bonchev–Trinajstić information content (AvgIpc) is 2.45. The highest BCUT2D eigenvalue weighted by Gasteiger charge is 2.27. The summed E-state index contributed by atoms with van der Waals surface area (Å²) in [5.74, 6) is -1.09. The van der Waals surface area contributed by atoms with Crippen molar-refractivity contribution in [3.63, 3.8) is 0 Å². The second-order valence-electron chi connectivity index (χ2n) is 4.51. The fraction of sp³-hybridized carbons (Fsp3) is 0.467. The Hall–Kier alpha value is -1.88. The third kappa shape index (κ3) is 4.06. The summed E-state index contributed by atoms with van der Waals surface area (Å²) in [5.41, 5.74) is 7.79. The Labute approximate surface area is 119 Å². The van der Waals surface area contributed by atoms with Gasteiger partial charge in [0, 0.05) is 13.1 Å². The summed E-state index contributed by atoms with van der Waals surface area (Å²) >= 11 is 0. The number of likely N-dealkylation sites (N-methyl/N-ethyl adjacent to an activating group) is 1. The predicted molar refractivity (Wildman–Crippen MR) is 76.9 cm³/mol. The fourth-order valence-corrected chi connectivity index (χ4v) is 1.87. The van der Waals surface area contributed by atoms with Crippen LogP contribution in [-0.4, -0.2) is 36.0 Å². The van der Waals surface area contributed by atoms with E-state index in [0.29, 0.717) is 13.1 Å². The van der Waals surface area contributed by atoms with E-state index in [1.54, 1.807) is 11.8 Å². The molecule has 0 heterocycles. The number of carbonyl (C=O) groups is 2. The number of amides is 1. The summed E-state index contributed by atoms with van der Waals surface area (Å²) in [5, 5.41) is 0. The lowest BCUT2D eigenvalue weighted by molar-refractivity contribution is -0.151. The van der Waals surface area contributed by atoms with Gasteiger partial charge >= 0.3 is 5.97 Å². The fourth-order valence-electron chi connectivity index (χ4n) is 1.87. The average molecular weight is 278 g/mol. The molecule has 1 aromatic rings. The number of carbonyl (C=O) groups excluding carboxylic acids is 2. The summed E-state index contributed by atoms with van der Waals surface area (Å²) in [6.45, 7) is 6.66. The number of hydrogen-bond donors (Lipinski definition) is 1. The van der Waals surface area contributed by atoms with Crippen molar-refractivity contribution < 1.29 is 14.3 Å². The van der Waals surface area contributed by atoms with Crippen molar-refractivity contribution in [1.29, 1.82) is 0 Å². The van der Waals surface area contributed by atoms with Crippen LogP contribution >= 0.6 is 0 Å². The standard InChI is InChI=1S/C15H22N2O3/c1-4-17(10-12-9-7-6-8-11(12)3)14(18)13(16)15(19)20-5-2/h6-9,13H,4-5,10,16H2,1-3H3. The SMILES string of the molecule is CCOC(=O)C(N)C(=O)N(CC)Cc1ccccc1C. The lowest BCUT2D eigenvalue weighted by Gasteiger charge is -2.24. The van der Waals surface area contributed by atoms with Gasteiger partial charge in [-0.3, -0.25) is 4.79 Å². The highest BCUT2D eigenvalue weighted by Crippen LogP contribution is 2.11. The van der Waals surface area contributed by atoms with Crippen molar-refractivity contribution in [2.75, 3.05) is 13.2 Å². The Bertz CT molecular complexity index is 474. The lowest BCUT2D eigenvalue weighted by Crippen LogP contribution is -2.48. The smallest absolute Gasteiger partial charge is 0.332 e. The molecule has 5 nitrogen and oxygen atoms in total. The number of rotatable bonds is 6. The lowest BCUT2D eigenvalue weighted by atomic mass is 10.1. The number of nitrogens with two attached hydrogens (primary N) is 1. The zero-order chi connectivity index (χ0) is 15.1. The molecule has 1 aromatic carbocycles. The molecule has 110 valence electrons. The monoisotopic (exact) mass is 278 g/mol. The van der Waals surface area contributed by atoms with Gasteiger partial charge in [0.05, 0.1) is 6.61 Å². The van der Waals surface area contributed by atoms with E-state index in [2.05, 4.69) is 0 Å². The maximum atomic E-state index is 12.2. The maximum Gasteiger partial charge on any atom is 0.332 e. The summed E-state index contributed by atoms with van der Waals surface area (Å²) < 4.78 is 4.78. The van der Waals surface area contributed by atoms with Crippen LogP contribution < -0.4 is 5.73 Å². The van der Waals surface area contributed by atoms with Crippen LogP contribution in [0.3, 0.4) is 0 Å². The molecule has 0 bridgehead atoms. The third-order valence-corrected chi connectivity index (χ3v) is 3.12. The van der Waals surface area contributed by atoms with E-state index >= 15 is 0 Å². The van der Waals surface area contributed by atoms with E-state index in [1.807, 2.05) is 38.1 Å². The van der Waals surface area contributed by atoms with Crippen molar-refractivity contribution in [3.05, 3.63) is 35.4 Å². The number of nitrogens with zero attached hydrogens (tertiary/aromatic N) is 1. The Morgan fingerprint density at radius 3 is 2.50 bits per heavy atom. The minimum atomic E-state index is -1.25. The minimum Gasteiger partial charge on any atom is -0.464 e. The van der Waals surface area contributed by atoms with Gasteiger partial charge in [-0.25, -0.2) is 4.79 Å². The molecule has 0 spiro atoms. The van der Waals surface area contributed by atoms with E-state index in [0.717, 1.165) is 11.1 Å². The number of ether oxygens (including phenoxy) is 1. The summed E-state index contributed by atoms with van der Waals surface area (Å²) in [6.07, 6.45) is 0. The predicted octanol–water partition coefficient (Wildman–Crippen LogP) is 1.23. The molecule has 0 saturated carbocycles. The van der Waals surface area contributed by atoms with Gasteiger partial charge in [0.1, 0.15) is 0 Å². The number of benzene rings is 1. The van der Waals surface area contributed by atoms with E-state index in [-0.39, 0.29) is 6.61 Å². The zero-order valence-electron chi connectivity index (χ0n) is 12.3. The molecule has 1 unspecified atom stereocenters. The molecule has 5 heteroatoms. The summed E-state index contributed by atoms with van der Waals surface area (Å²) in [6, 6.07) is 6.56. The normalized spacial score (nSPS) is 11.8. The molecule has 0 radical (unpaired) electrons. The molecule has 0 aliphatic heterocycles. The quantitative estimate of drug-likeness (QED) is 0.627. The highest BCUT2D eigenvalue weighted by atomic mass is 16.5. The van der Waals surface area contributed by atoms with Crippen LogP contribution in [0.1, 0.15) is 25.0 Å². The number of aryl methyl sites for hydroxylation is 1. The highest BCUT2D eigenvalue weighted by molar-refractivity contribution is 6.01. The molecule has 0 fully saturated rings. The van der Waals surface area contributed by atoms with Gasteiger partial charge in [-0.1, -0.05) is 24.3 Å². The second-order valence-corrected chi connectivity index (χ2v) is 4.51. The van der Waals surface area contributed by atoms with E-state index < -0.39 is 17.9 Å². The van der Waals surface area contributed by atoms with E-state index in [9.17, 15) is 9.59 Å². The van der Waals surface area contributed by atoms with Crippen molar-refractivity contribution in [2.45, 2.75) is 33.4 Å². The van der Waals surface area contributed by atoms with Crippen LogP contribution in [0.2, 0.25) is 0 Å². The minimum absolute atomic E-state index is 0.212. The summed E-state index contributed by atoms with van der Waals surface area (Å²) in [7, 11) is 0. The molecule has 2 N–H and O–H groups in total. The zero-order valence-corrected chi connectivity index (χ0v) is 12.3. The summed E-state index contributed by atoms with van der Waals surface area (Å²) in [4.78, 5) is 25.3. The van der Waals surface area contributed by atoms with Crippen molar-refractivity contribution in [2.24, 2.45) is 5.73 Å². The van der Waals surface area contributed by atoms with Gasteiger partial charge in [0.15, 0.2) is 6.04 Å². The third-order valence-electron chi connectivity index (χ3n) is 3.12. The Balaban J connectivity index is 2.78. The van der Waals surface area contributed by atoms with Crippen LogP contribution in [0.15, 0.2) is 24.3 Å². The van der Waals surface area contributed by atoms with Crippen molar-refractivity contribution >= 4 is 11.9 Å². The molecule has 0 aromatic heterocycles. The van der Waals surface area contributed by atoms with E-state index in [4.69, 9.17) is 10.5 Å². The van der Waals surface area contributed by atoms with Crippen molar-refractivity contribution in [3.8, 4) is 0 Å². The second kappa shape index (κ2) is 7.65. The first-order valence-electron chi connectivity index (χ1n) is 6.76. The van der Waals surface area contributed by atoms with Crippen molar-refractivity contribution in [1.82, 2.24) is 4.90 Å². The van der Waals surface area contributed by atoms with Crippen LogP contribution in [0.4, 0.5) is 0 Å². The van der Waals surface area contributed by atoms with Gasteiger partial charge < -0.3 is 15.4 Å². The molecule has 0 aliphatic rings. The Morgan fingerprint density at radius 2 is 1.95 bits per heavy atom. The molecular weight excluding hydrogens is 256 g/mol. The first kappa shape index (κ1) is 16.2. The first-order chi connectivity index (χ1) is 9.51. The first-order valence-corrected chi connectivity index (χ1v) is 6.76. The topological polar surface area (TPSA) is 72.6 Å². The number of hydrogen-bond acceptors (Lipinski definition) is 4. The van der Waals surface area contributed by atoms with Gasteiger partial charge in [-0.15, -0.1) is 0 Å². The molecule has 1 rings (SSSR count). The molecule has 20 heavy (non-hydrogen) atoms. The number of esters is 1. The Morgan fingerprint density at radius 1 is 1.30 bits per heavy atom. The molecule has 0 aliphatic carbocycles. The van der Waals surface area contributed by atoms with Crippen LogP contribution in [0.25, 0.3) is 0 Å². The van der Waals surface area contributed by atoms with E-state index in [1.165, 1.54) is 0 Å². The van der Waals surface area contributed by atoms with Gasteiger partial charge in [-0.2, -0.15) is 0 Å². The van der Waals surface area contributed by atoms with Crippen LogP contribution in [0, 0.1) is 6.92 Å². The van der Waals surface area contributed by atoms with Gasteiger partial charge in [0.25, 0.3) is 5.91 Å².